The minimum absolute atomic E-state index is 0.0893. The molecule has 1 aliphatic rings. The van der Waals surface area contributed by atoms with Crippen LogP contribution >= 0.6 is 0 Å². The lowest BCUT2D eigenvalue weighted by Gasteiger charge is -2.07. The van der Waals surface area contributed by atoms with Gasteiger partial charge in [0.25, 0.3) is 5.56 Å². The Bertz CT molecular complexity index is 1080. The molecule has 120 valence electrons. The average molecular weight is 320 g/mol. The molecule has 5 nitrogen and oxygen atoms in total. The van der Waals surface area contributed by atoms with E-state index in [1.165, 1.54) is 4.57 Å². The second-order valence-electron chi connectivity index (χ2n) is 6.12. The first-order chi connectivity index (χ1) is 11.6. The quantitative estimate of drug-likeness (QED) is 0.800. The topological polar surface area (TPSA) is 68.2 Å². The Labute approximate surface area is 137 Å². The Hall–Kier alpha value is -2.95. The van der Waals surface area contributed by atoms with Gasteiger partial charge in [-0.3, -0.25) is 19.0 Å². The Morgan fingerprint density at radius 3 is 2.29 bits per heavy atom. The molecule has 1 aromatic heterocycles. The van der Waals surface area contributed by atoms with Crippen molar-refractivity contribution in [2.75, 3.05) is 0 Å². The third-order valence-electron chi connectivity index (χ3n) is 4.33. The summed E-state index contributed by atoms with van der Waals surface area (Å²) >= 11 is 0. The summed E-state index contributed by atoms with van der Waals surface area (Å²) in [6.07, 6.45) is 1.97. The Kier molecular flexibility index (Phi) is 3.41. The summed E-state index contributed by atoms with van der Waals surface area (Å²) in [5, 5.41) is 4.04. The second kappa shape index (κ2) is 5.60. The van der Waals surface area contributed by atoms with E-state index in [4.69, 9.17) is 0 Å². The highest BCUT2D eigenvalue weighted by Crippen LogP contribution is 2.18. The molecule has 2 aromatic carbocycles. The maximum Gasteiger partial charge on any atom is 0.259 e. The van der Waals surface area contributed by atoms with E-state index >= 15 is 0 Å². The first kappa shape index (κ1) is 14.6. The van der Waals surface area contributed by atoms with Crippen molar-refractivity contribution in [3.8, 4) is 0 Å². The Balaban J connectivity index is 2.04. The van der Waals surface area contributed by atoms with Crippen LogP contribution in [-0.4, -0.2) is 16.5 Å². The van der Waals surface area contributed by atoms with Gasteiger partial charge in [0.1, 0.15) is 6.54 Å². The molecular formula is C19H16N2O3. The summed E-state index contributed by atoms with van der Waals surface area (Å²) in [6, 6.07) is 13.9. The third-order valence-corrected chi connectivity index (χ3v) is 4.33. The smallest absolute Gasteiger partial charge is 0.259 e. The second-order valence-corrected chi connectivity index (χ2v) is 6.12. The highest BCUT2D eigenvalue weighted by Gasteiger charge is 2.23. The van der Waals surface area contributed by atoms with Crippen LogP contribution in [0.25, 0.3) is 21.7 Å². The molecule has 1 saturated carbocycles. The molecule has 24 heavy (non-hydrogen) atoms. The third kappa shape index (κ3) is 2.48. The SMILES string of the molecule is O=C(Cn1c(=O)c2ccccc2c(=O)c2ccccc21)NC1CC1. The van der Waals surface area contributed by atoms with Crippen LogP contribution in [0.2, 0.25) is 0 Å². The summed E-state index contributed by atoms with van der Waals surface area (Å²) in [4.78, 5) is 38.0. The summed E-state index contributed by atoms with van der Waals surface area (Å²) in [6.45, 7) is -0.0893. The highest BCUT2D eigenvalue weighted by molar-refractivity contribution is 5.91. The van der Waals surface area contributed by atoms with Crippen LogP contribution in [0.5, 0.6) is 0 Å². The van der Waals surface area contributed by atoms with Gasteiger partial charge in [-0.2, -0.15) is 0 Å². The molecule has 1 fully saturated rings. The number of hydrogen-bond acceptors (Lipinski definition) is 3. The van der Waals surface area contributed by atoms with Gasteiger partial charge >= 0.3 is 0 Å². The summed E-state index contributed by atoms with van der Waals surface area (Å²) < 4.78 is 1.40. The molecule has 1 aliphatic carbocycles. The van der Waals surface area contributed by atoms with E-state index in [1.807, 2.05) is 0 Å². The predicted molar refractivity (Wildman–Crippen MR) is 93.1 cm³/mol. The van der Waals surface area contributed by atoms with Gasteiger partial charge in [0.05, 0.1) is 10.9 Å². The van der Waals surface area contributed by atoms with E-state index in [2.05, 4.69) is 5.32 Å². The minimum atomic E-state index is -0.324. The number of carbonyl (C=O) groups excluding carboxylic acids is 1. The number of nitrogens with one attached hydrogen (secondary N) is 1. The van der Waals surface area contributed by atoms with E-state index in [9.17, 15) is 14.4 Å². The predicted octanol–water partition coefficient (Wildman–Crippen LogP) is 1.79. The number of aromatic nitrogens is 1. The van der Waals surface area contributed by atoms with Gasteiger partial charge in [-0.15, -0.1) is 0 Å². The fourth-order valence-electron chi connectivity index (χ4n) is 2.97. The van der Waals surface area contributed by atoms with E-state index < -0.39 is 0 Å². The largest absolute Gasteiger partial charge is 0.352 e. The van der Waals surface area contributed by atoms with Crippen LogP contribution in [0.4, 0.5) is 0 Å². The standard InChI is InChI=1S/C19H16N2O3/c22-17(20-12-9-10-12)11-21-16-8-4-3-7-15(16)18(23)13-5-1-2-6-14(13)19(21)24/h1-8,12H,9-11H2,(H,20,22). The first-order valence-electron chi connectivity index (χ1n) is 7.99. The molecule has 0 bridgehead atoms. The zero-order chi connectivity index (χ0) is 16.7. The number of benzene rings is 2. The molecule has 4 rings (SSSR count). The van der Waals surface area contributed by atoms with Crippen LogP contribution in [0, 0.1) is 0 Å². The number of carbonyl (C=O) groups is 1. The van der Waals surface area contributed by atoms with Gasteiger partial charge in [-0.1, -0.05) is 30.3 Å². The summed E-state index contributed by atoms with van der Waals surface area (Å²) in [5.41, 5.74) is -0.0378. The molecule has 0 saturated heterocycles. The lowest BCUT2D eigenvalue weighted by molar-refractivity contribution is -0.121. The van der Waals surface area contributed by atoms with Crippen LogP contribution in [0.1, 0.15) is 12.8 Å². The van der Waals surface area contributed by atoms with E-state index in [1.54, 1.807) is 48.5 Å². The van der Waals surface area contributed by atoms with Crippen molar-refractivity contribution in [1.29, 1.82) is 0 Å². The number of para-hydroxylation sites is 1. The zero-order valence-corrected chi connectivity index (χ0v) is 13.0. The summed E-state index contributed by atoms with van der Waals surface area (Å²) in [7, 11) is 0. The normalized spacial score (nSPS) is 14.0. The van der Waals surface area contributed by atoms with Crippen LogP contribution < -0.4 is 16.3 Å². The Morgan fingerprint density at radius 2 is 1.58 bits per heavy atom. The van der Waals surface area contributed by atoms with Gasteiger partial charge in [0.2, 0.25) is 5.91 Å². The van der Waals surface area contributed by atoms with Crippen molar-refractivity contribution in [3.05, 3.63) is 69.1 Å². The molecule has 0 aliphatic heterocycles. The van der Waals surface area contributed by atoms with Crippen LogP contribution in [0.15, 0.2) is 58.1 Å². The molecular weight excluding hydrogens is 304 g/mol. The van der Waals surface area contributed by atoms with Gasteiger partial charge < -0.3 is 5.32 Å². The molecule has 1 amide bonds. The maximum absolute atomic E-state index is 13.0. The lowest BCUT2D eigenvalue weighted by Crippen LogP contribution is -2.33. The summed E-state index contributed by atoms with van der Waals surface area (Å²) in [5.74, 6) is -0.201. The molecule has 0 spiro atoms. The maximum atomic E-state index is 13.0. The number of amides is 1. The van der Waals surface area contributed by atoms with Crippen molar-refractivity contribution < 1.29 is 4.79 Å². The fourth-order valence-corrected chi connectivity index (χ4v) is 2.97. The number of hydrogen-bond donors (Lipinski definition) is 1. The van der Waals surface area contributed by atoms with Crippen LogP contribution in [-0.2, 0) is 11.3 Å². The van der Waals surface area contributed by atoms with E-state index in [0.29, 0.717) is 21.7 Å². The molecule has 0 unspecified atom stereocenters. The van der Waals surface area contributed by atoms with Gasteiger partial charge in [0, 0.05) is 16.8 Å². The number of fused-ring (bicyclic) bond motifs is 2. The number of rotatable bonds is 3. The van der Waals surface area contributed by atoms with Gasteiger partial charge in [-0.25, -0.2) is 0 Å². The van der Waals surface area contributed by atoms with Crippen molar-refractivity contribution >= 4 is 27.6 Å². The highest BCUT2D eigenvalue weighted by atomic mass is 16.2. The lowest BCUT2D eigenvalue weighted by atomic mass is 10.1. The van der Waals surface area contributed by atoms with Gasteiger partial charge in [0.15, 0.2) is 5.43 Å². The first-order valence-corrected chi connectivity index (χ1v) is 7.99. The average Bonchev–Trinajstić information content (AvgIpc) is 3.42. The van der Waals surface area contributed by atoms with Crippen molar-refractivity contribution in [1.82, 2.24) is 9.88 Å². The van der Waals surface area contributed by atoms with E-state index in [0.717, 1.165) is 12.8 Å². The zero-order valence-electron chi connectivity index (χ0n) is 13.0. The molecule has 0 atom stereocenters. The Morgan fingerprint density at radius 1 is 0.958 bits per heavy atom. The van der Waals surface area contributed by atoms with Crippen molar-refractivity contribution in [2.45, 2.75) is 25.4 Å². The molecule has 3 aromatic rings. The fraction of sp³-hybridized carbons (Fsp3) is 0.211. The van der Waals surface area contributed by atoms with E-state index in [-0.39, 0.29) is 29.5 Å². The molecule has 5 heteroatoms. The molecule has 0 radical (unpaired) electrons. The van der Waals surface area contributed by atoms with Gasteiger partial charge in [-0.05, 0) is 31.0 Å². The molecule has 1 N–H and O–H groups in total. The monoisotopic (exact) mass is 320 g/mol. The minimum Gasteiger partial charge on any atom is -0.352 e. The van der Waals surface area contributed by atoms with Crippen molar-refractivity contribution in [2.24, 2.45) is 0 Å². The molecule has 1 heterocycles. The van der Waals surface area contributed by atoms with Crippen molar-refractivity contribution in [3.63, 3.8) is 0 Å². The van der Waals surface area contributed by atoms with Crippen LogP contribution in [0.3, 0.4) is 0 Å². The number of nitrogens with zero attached hydrogens (tertiary/aromatic N) is 1.